The average molecular weight is 235 g/mol. The van der Waals surface area contributed by atoms with Crippen molar-refractivity contribution in [2.75, 3.05) is 0 Å². The predicted octanol–water partition coefficient (Wildman–Crippen LogP) is 1.38. The Hall–Kier alpha value is -1.68. The van der Waals surface area contributed by atoms with Gasteiger partial charge in [0, 0.05) is 0 Å². The highest BCUT2D eigenvalue weighted by atomic mass is 16.6. The first kappa shape index (κ1) is 13.4. The molecule has 0 radical (unpaired) electrons. The lowest BCUT2D eigenvalue weighted by Crippen LogP contribution is -2.49. The Balaban J connectivity index is 3.05. The van der Waals surface area contributed by atoms with Crippen LogP contribution in [0.5, 0.6) is 0 Å². The Bertz CT molecular complexity index is 408. The lowest BCUT2D eigenvalue weighted by Gasteiger charge is -2.27. The van der Waals surface area contributed by atoms with Crippen LogP contribution in [0.4, 0.5) is 0 Å². The maximum atomic E-state index is 11.9. The van der Waals surface area contributed by atoms with E-state index in [-0.39, 0.29) is 0 Å². The molecule has 0 heterocycles. The first-order valence-electron chi connectivity index (χ1n) is 5.34. The van der Waals surface area contributed by atoms with E-state index in [1.807, 2.05) is 0 Å². The standard InChI is InChI=1S/C13H17NO3/c1-12(2,3)17-11(16)13(14,9-15)10-7-5-4-6-8-10/h4-9H,14H2,1-3H3. The normalized spacial score (nSPS) is 14.8. The van der Waals surface area contributed by atoms with E-state index in [2.05, 4.69) is 0 Å². The van der Waals surface area contributed by atoms with Crippen LogP contribution in [0.2, 0.25) is 0 Å². The van der Waals surface area contributed by atoms with Crippen molar-refractivity contribution in [2.45, 2.75) is 31.9 Å². The van der Waals surface area contributed by atoms with Crippen molar-refractivity contribution < 1.29 is 14.3 Å². The monoisotopic (exact) mass is 235 g/mol. The molecule has 0 fully saturated rings. The van der Waals surface area contributed by atoms with Crippen LogP contribution in [0.1, 0.15) is 26.3 Å². The lowest BCUT2D eigenvalue weighted by molar-refractivity contribution is -0.162. The van der Waals surface area contributed by atoms with Crippen molar-refractivity contribution in [1.82, 2.24) is 0 Å². The minimum atomic E-state index is -1.74. The Morgan fingerprint density at radius 1 is 1.24 bits per heavy atom. The minimum Gasteiger partial charge on any atom is -0.458 e. The second-order valence-corrected chi connectivity index (χ2v) is 4.85. The van der Waals surface area contributed by atoms with Crippen LogP contribution >= 0.6 is 0 Å². The molecule has 0 saturated heterocycles. The summed E-state index contributed by atoms with van der Waals surface area (Å²) >= 11 is 0. The average Bonchev–Trinajstić information content (AvgIpc) is 2.27. The summed E-state index contributed by atoms with van der Waals surface area (Å²) in [5, 5.41) is 0. The van der Waals surface area contributed by atoms with E-state index in [9.17, 15) is 9.59 Å². The van der Waals surface area contributed by atoms with E-state index in [1.54, 1.807) is 51.1 Å². The van der Waals surface area contributed by atoms with Crippen LogP contribution in [0.3, 0.4) is 0 Å². The summed E-state index contributed by atoms with van der Waals surface area (Å²) in [5.74, 6) is -0.744. The van der Waals surface area contributed by atoms with E-state index in [1.165, 1.54) is 0 Å². The van der Waals surface area contributed by atoms with Gasteiger partial charge in [-0.05, 0) is 26.3 Å². The van der Waals surface area contributed by atoms with Gasteiger partial charge in [0.2, 0.25) is 0 Å². The number of nitrogens with two attached hydrogens (primary N) is 1. The van der Waals surface area contributed by atoms with Crippen LogP contribution in [0.25, 0.3) is 0 Å². The quantitative estimate of drug-likeness (QED) is 0.488. The molecule has 0 aliphatic heterocycles. The van der Waals surface area contributed by atoms with Gasteiger partial charge in [0.25, 0.3) is 0 Å². The number of ether oxygens (including phenoxy) is 1. The van der Waals surface area contributed by atoms with Crippen molar-refractivity contribution >= 4 is 12.3 Å². The van der Waals surface area contributed by atoms with E-state index < -0.39 is 17.1 Å². The van der Waals surface area contributed by atoms with E-state index in [0.717, 1.165) is 0 Å². The number of hydrogen-bond donors (Lipinski definition) is 1. The third kappa shape index (κ3) is 3.14. The van der Waals surface area contributed by atoms with Gasteiger partial charge in [0.05, 0.1) is 0 Å². The van der Waals surface area contributed by atoms with Gasteiger partial charge in [-0.2, -0.15) is 0 Å². The molecule has 2 N–H and O–H groups in total. The number of carbonyl (C=O) groups is 2. The van der Waals surface area contributed by atoms with Crippen LogP contribution < -0.4 is 5.73 Å². The molecule has 1 aromatic rings. The topological polar surface area (TPSA) is 69.4 Å². The summed E-state index contributed by atoms with van der Waals surface area (Å²) in [6.07, 6.45) is 0.413. The molecular formula is C13H17NO3. The van der Waals surface area contributed by atoms with Gasteiger partial charge >= 0.3 is 5.97 Å². The molecule has 0 bridgehead atoms. The summed E-state index contributed by atoms with van der Waals surface area (Å²) in [6.45, 7) is 5.17. The Morgan fingerprint density at radius 3 is 2.18 bits per heavy atom. The highest BCUT2D eigenvalue weighted by Gasteiger charge is 2.39. The molecule has 1 unspecified atom stereocenters. The number of hydrogen-bond acceptors (Lipinski definition) is 4. The van der Waals surface area contributed by atoms with Crippen LogP contribution in [-0.4, -0.2) is 17.9 Å². The lowest BCUT2D eigenvalue weighted by atomic mass is 9.92. The third-order valence-electron chi connectivity index (χ3n) is 2.17. The molecular weight excluding hydrogens is 218 g/mol. The number of aldehydes is 1. The third-order valence-corrected chi connectivity index (χ3v) is 2.17. The highest BCUT2D eigenvalue weighted by molar-refractivity contribution is 5.99. The smallest absolute Gasteiger partial charge is 0.338 e. The van der Waals surface area contributed by atoms with Gasteiger partial charge in [-0.3, -0.25) is 0 Å². The summed E-state index contributed by atoms with van der Waals surface area (Å²) in [4.78, 5) is 23.1. The van der Waals surface area contributed by atoms with E-state index in [0.29, 0.717) is 11.8 Å². The van der Waals surface area contributed by atoms with Crippen LogP contribution in [0, 0.1) is 0 Å². The molecule has 92 valence electrons. The molecule has 4 heteroatoms. The van der Waals surface area contributed by atoms with Crippen molar-refractivity contribution in [1.29, 1.82) is 0 Å². The van der Waals surface area contributed by atoms with Crippen molar-refractivity contribution in [2.24, 2.45) is 5.73 Å². The fourth-order valence-electron chi connectivity index (χ4n) is 1.31. The maximum Gasteiger partial charge on any atom is 0.338 e. The Labute approximate surface area is 101 Å². The van der Waals surface area contributed by atoms with E-state index in [4.69, 9.17) is 10.5 Å². The SMILES string of the molecule is CC(C)(C)OC(=O)C(N)(C=O)c1ccccc1. The first-order valence-corrected chi connectivity index (χ1v) is 5.34. The molecule has 0 spiro atoms. The van der Waals surface area contributed by atoms with Crippen LogP contribution in [-0.2, 0) is 19.9 Å². The predicted molar refractivity (Wildman–Crippen MR) is 64.2 cm³/mol. The van der Waals surface area contributed by atoms with Gasteiger partial charge in [-0.15, -0.1) is 0 Å². The van der Waals surface area contributed by atoms with Crippen molar-refractivity contribution in [3.05, 3.63) is 35.9 Å². The first-order chi connectivity index (χ1) is 7.79. The van der Waals surface area contributed by atoms with Crippen molar-refractivity contribution in [3.63, 3.8) is 0 Å². The fourth-order valence-corrected chi connectivity index (χ4v) is 1.31. The molecule has 1 aromatic carbocycles. The second kappa shape index (κ2) is 4.67. The van der Waals surface area contributed by atoms with Gasteiger partial charge in [-0.25, -0.2) is 4.79 Å². The molecule has 0 aliphatic carbocycles. The fraction of sp³-hybridized carbons (Fsp3) is 0.385. The van der Waals surface area contributed by atoms with Gasteiger partial charge in [0.15, 0.2) is 11.8 Å². The molecule has 17 heavy (non-hydrogen) atoms. The largest absolute Gasteiger partial charge is 0.458 e. The number of rotatable bonds is 3. The molecule has 1 rings (SSSR count). The number of esters is 1. The molecule has 4 nitrogen and oxygen atoms in total. The zero-order valence-electron chi connectivity index (χ0n) is 10.3. The molecule has 0 saturated carbocycles. The van der Waals surface area contributed by atoms with Gasteiger partial charge in [0.1, 0.15) is 5.60 Å². The molecule has 1 atom stereocenters. The van der Waals surface area contributed by atoms with Crippen LogP contribution in [0.15, 0.2) is 30.3 Å². The molecule has 0 amide bonds. The molecule has 0 aromatic heterocycles. The summed E-state index contributed by atoms with van der Waals surface area (Å²) in [5.41, 5.74) is 3.82. The van der Waals surface area contributed by atoms with Gasteiger partial charge in [-0.1, -0.05) is 30.3 Å². The number of carbonyl (C=O) groups excluding carboxylic acids is 2. The van der Waals surface area contributed by atoms with E-state index >= 15 is 0 Å². The zero-order chi connectivity index (χ0) is 13.1. The zero-order valence-corrected chi connectivity index (χ0v) is 10.3. The van der Waals surface area contributed by atoms with Crippen molar-refractivity contribution in [3.8, 4) is 0 Å². The summed E-state index contributed by atoms with van der Waals surface area (Å²) in [6, 6.07) is 8.45. The number of benzene rings is 1. The Kier molecular flexibility index (Phi) is 3.68. The minimum absolute atomic E-state index is 0.413. The van der Waals surface area contributed by atoms with Gasteiger partial charge < -0.3 is 15.3 Å². The Morgan fingerprint density at radius 2 is 1.76 bits per heavy atom. The highest BCUT2D eigenvalue weighted by Crippen LogP contribution is 2.20. The second-order valence-electron chi connectivity index (χ2n) is 4.85. The summed E-state index contributed by atoms with van der Waals surface area (Å²) < 4.78 is 5.15. The maximum absolute atomic E-state index is 11.9. The molecule has 0 aliphatic rings. The summed E-state index contributed by atoms with van der Waals surface area (Å²) in [7, 11) is 0.